The molecule has 2 amide bonds. The molecule has 2 N–H and O–H groups in total. The molecule has 11 heteroatoms. The van der Waals surface area contributed by atoms with Crippen LogP contribution >= 0.6 is 11.8 Å². The van der Waals surface area contributed by atoms with Crippen molar-refractivity contribution in [1.29, 1.82) is 0 Å². The van der Waals surface area contributed by atoms with Crippen molar-refractivity contribution in [2.75, 3.05) is 37.7 Å². The molecule has 4 heterocycles. The molecule has 2 atom stereocenters. The zero-order chi connectivity index (χ0) is 36.1. The second kappa shape index (κ2) is 15.9. The molecule has 3 aliphatic rings. The molecular weight excluding hydrogens is 663 g/mol. The lowest BCUT2D eigenvalue weighted by Crippen LogP contribution is -2.59. The molecule has 0 saturated carbocycles. The van der Waals surface area contributed by atoms with Gasteiger partial charge in [0.25, 0.3) is 0 Å². The predicted octanol–water partition coefficient (Wildman–Crippen LogP) is 6.32. The van der Waals surface area contributed by atoms with Crippen LogP contribution in [-0.4, -0.2) is 81.8 Å². The summed E-state index contributed by atoms with van der Waals surface area (Å²) in [5, 5.41) is 12.0. The summed E-state index contributed by atoms with van der Waals surface area (Å²) in [5.74, 6) is 0.163. The first-order chi connectivity index (χ1) is 24.5. The maximum absolute atomic E-state index is 13.5. The van der Waals surface area contributed by atoms with Crippen LogP contribution < -0.4 is 15.0 Å². The van der Waals surface area contributed by atoms with Crippen LogP contribution in [0.25, 0.3) is 11.4 Å². The number of likely N-dealkylation sites (tertiary alicyclic amines) is 1. The Hall–Kier alpha value is -4.38. The Morgan fingerprint density at radius 2 is 1.67 bits per heavy atom. The van der Waals surface area contributed by atoms with Crippen molar-refractivity contribution >= 4 is 35.2 Å². The van der Waals surface area contributed by atoms with Crippen LogP contribution in [0.1, 0.15) is 70.4 Å². The smallest absolute Gasteiger partial charge is 0.310 e. The number of nitrogens with one attached hydrogen (secondary N) is 1. The van der Waals surface area contributed by atoms with E-state index in [1.807, 2.05) is 36.7 Å². The number of amides is 2. The predicted molar refractivity (Wildman–Crippen MR) is 201 cm³/mol. The van der Waals surface area contributed by atoms with Gasteiger partial charge in [-0.25, -0.2) is 9.97 Å². The molecule has 0 bridgehead atoms. The fourth-order valence-electron chi connectivity index (χ4n) is 6.79. The van der Waals surface area contributed by atoms with Gasteiger partial charge in [-0.1, -0.05) is 70.2 Å². The summed E-state index contributed by atoms with van der Waals surface area (Å²) in [7, 11) is 0. The summed E-state index contributed by atoms with van der Waals surface area (Å²) in [5.41, 5.74) is 4.06. The molecular formula is C40H49N5O5S. The van der Waals surface area contributed by atoms with Crippen molar-refractivity contribution in [2.24, 2.45) is 11.3 Å². The Kier molecular flexibility index (Phi) is 11.3. The number of carbonyl (C=O) groups excluding carboxylic acids is 2. The van der Waals surface area contributed by atoms with Crippen LogP contribution in [0.2, 0.25) is 0 Å². The standard InChI is InChI=1S/C40H49N5O5S/c1-5-20-50-32-12-10-27(11-13-32)28-16-18-44(19-17-28)31-22-41-36(42-23-31)29-8-6-26(7-9-29)21-33(38(47)45-24-30(25-45)39(48)49)43-37(46)34-14-15-35(51-34)40(2,3)4/h6-13,15,22-23,28,30,33-34H,5,14,16-21,24-25H2,1-4H3,(H,43,46)(H,48,49)/t33-,34?/m0/s1. The van der Waals surface area contributed by atoms with E-state index in [0.717, 1.165) is 61.5 Å². The van der Waals surface area contributed by atoms with E-state index in [1.165, 1.54) is 15.4 Å². The van der Waals surface area contributed by atoms with E-state index < -0.39 is 17.9 Å². The number of thioether (sulfide) groups is 1. The fourth-order valence-corrected chi connectivity index (χ4v) is 8.01. The number of hydrogen-bond donors (Lipinski definition) is 2. The van der Waals surface area contributed by atoms with Crippen molar-refractivity contribution in [1.82, 2.24) is 20.2 Å². The first-order valence-corrected chi connectivity index (χ1v) is 18.9. The van der Waals surface area contributed by atoms with E-state index in [-0.39, 0.29) is 35.6 Å². The maximum atomic E-state index is 13.5. The molecule has 2 saturated heterocycles. The van der Waals surface area contributed by atoms with Gasteiger partial charge < -0.3 is 25.0 Å². The zero-order valence-corrected chi connectivity index (χ0v) is 30.8. The number of benzene rings is 2. The Balaban J connectivity index is 1.05. The minimum absolute atomic E-state index is 0.0425. The number of allylic oxidation sites excluding steroid dienone is 2. The number of anilines is 1. The highest BCUT2D eigenvalue weighted by molar-refractivity contribution is 8.04. The number of piperidine rings is 1. The SMILES string of the molecule is CCCOc1ccc(C2CCN(c3cnc(-c4ccc(C[C@H](NC(=O)C5CC=C(C(C)(C)C)S5)C(=O)N5CC(C(=O)O)C5)cc4)nc3)CC2)cc1. The van der Waals surface area contributed by atoms with Crippen LogP contribution in [-0.2, 0) is 20.8 Å². The Bertz CT molecular complexity index is 1710. The zero-order valence-electron chi connectivity index (χ0n) is 30.0. The number of carboxylic acid groups (broad SMARTS) is 1. The van der Waals surface area contributed by atoms with Gasteiger partial charge in [-0.2, -0.15) is 0 Å². The molecule has 270 valence electrons. The normalized spacial score (nSPS) is 18.9. The minimum atomic E-state index is -0.909. The average molecular weight is 712 g/mol. The number of carbonyl (C=O) groups is 3. The number of carboxylic acids is 1. The highest BCUT2D eigenvalue weighted by Crippen LogP contribution is 2.43. The third kappa shape index (κ3) is 8.92. The van der Waals surface area contributed by atoms with Crippen LogP contribution in [0, 0.1) is 11.3 Å². The molecule has 6 rings (SSSR count). The number of aromatic nitrogens is 2. The first kappa shape index (κ1) is 36.4. The van der Waals surface area contributed by atoms with E-state index >= 15 is 0 Å². The number of rotatable bonds is 12. The number of hydrogen-bond acceptors (Lipinski definition) is 8. The van der Waals surface area contributed by atoms with Gasteiger partial charge in [0.05, 0.1) is 35.9 Å². The summed E-state index contributed by atoms with van der Waals surface area (Å²) < 4.78 is 5.74. The molecule has 1 unspecified atom stereocenters. The third-order valence-electron chi connectivity index (χ3n) is 9.95. The molecule has 10 nitrogen and oxygen atoms in total. The second-order valence-corrected chi connectivity index (χ2v) is 16.1. The van der Waals surface area contributed by atoms with Gasteiger partial charge in [-0.3, -0.25) is 14.4 Å². The molecule has 51 heavy (non-hydrogen) atoms. The molecule has 2 aromatic carbocycles. The van der Waals surface area contributed by atoms with Crippen molar-refractivity contribution < 1.29 is 24.2 Å². The molecule has 3 aliphatic heterocycles. The van der Waals surface area contributed by atoms with E-state index in [2.05, 4.69) is 78.2 Å². The van der Waals surface area contributed by atoms with Gasteiger partial charge in [-0.05, 0) is 65.2 Å². The largest absolute Gasteiger partial charge is 0.494 e. The van der Waals surface area contributed by atoms with Gasteiger partial charge in [0.15, 0.2) is 5.82 Å². The molecule has 2 fully saturated rings. The molecule has 0 aliphatic carbocycles. The van der Waals surface area contributed by atoms with Gasteiger partial charge >= 0.3 is 5.97 Å². The van der Waals surface area contributed by atoms with Crippen LogP contribution in [0.3, 0.4) is 0 Å². The van der Waals surface area contributed by atoms with Gasteiger partial charge in [-0.15, -0.1) is 11.8 Å². The second-order valence-electron chi connectivity index (χ2n) is 14.8. The highest BCUT2D eigenvalue weighted by Gasteiger charge is 2.40. The maximum Gasteiger partial charge on any atom is 0.310 e. The third-order valence-corrected chi connectivity index (χ3v) is 11.7. The molecule has 0 radical (unpaired) electrons. The van der Waals surface area contributed by atoms with Gasteiger partial charge in [0.1, 0.15) is 11.8 Å². The van der Waals surface area contributed by atoms with E-state index in [9.17, 15) is 19.5 Å². The first-order valence-electron chi connectivity index (χ1n) is 18.1. The number of ether oxygens (including phenoxy) is 1. The molecule has 3 aromatic rings. The van der Waals surface area contributed by atoms with Crippen molar-refractivity contribution in [3.05, 3.63) is 83.0 Å². The summed E-state index contributed by atoms with van der Waals surface area (Å²) in [6.45, 7) is 11.4. The van der Waals surface area contributed by atoms with Crippen molar-refractivity contribution in [3.63, 3.8) is 0 Å². The minimum Gasteiger partial charge on any atom is -0.494 e. The average Bonchev–Trinajstić information content (AvgIpc) is 3.62. The molecule has 0 spiro atoms. The van der Waals surface area contributed by atoms with E-state index in [1.54, 1.807) is 11.8 Å². The van der Waals surface area contributed by atoms with Gasteiger partial charge in [0.2, 0.25) is 11.8 Å². The number of nitrogens with zero attached hydrogens (tertiary/aromatic N) is 4. The summed E-state index contributed by atoms with van der Waals surface area (Å²) >= 11 is 1.55. The van der Waals surface area contributed by atoms with Crippen molar-refractivity contribution in [2.45, 2.75) is 77.0 Å². The lowest BCUT2D eigenvalue weighted by atomic mass is 9.89. The van der Waals surface area contributed by atoms with Crippen molar-refractivity contribution in [3.8, 4) is 17.1 Å². The molecule has 1 aromatic heterocycles. The van der Waals surface area contributed by atoms with E-state index in [0.29, 0.717) is 24.6 Å². The van der Waals surface area contributed by atoms with E-state index in [4.69, 9.17) is 4.74 Å². The number of aliphatic carboxylic acids is 1. The lowest BCUT2D eigenvalue weighted by molar-refractivity contribution is -0.154. The van der Waals surface area contributed by atoms with Crippen LogP contribution in [0.5, 0.6) is 5.75 Å². The van der Waals surface area contributed by atoms with Crippen LogP contribution in [0.15, 0.2) is 71.9 Å². The fraction of sp³-hybridized carbons (Fsp3) is 0.475. The summed E-state index contributed by atoms with van der Waals surface area (Å²) in [6.07, 6.45) is 9.92. The van der Waals surface area contributed by atoms with Gasteiger partial charge in [0, 0.05) is 38.2 Å². The topological polar surface area (TPSA) is 125 Å². The Labute approximate surface area is 305 Å². The lowest BCUT2D eigenvalue weighted by Gasteiger charge is -2.39. The quantitative estimate of drug-likeness (QED) is 0.222. The van der Waals surface area contributed by atoms with Crippen LogP contribution in [0.4, 0.5) is 5.69 Å². The Morgan fingerprint density at radius 3 is 2.25 bits per heavy atom. The highest BCUT2D eigenvalue weighted by atomic mass is 32.2. The monoisotopic (exact) mass is 711 g/mol. The summed E-state index contributed by atoms with van der Waals surface area (Å²) in [6, 6.07) is 15.5. The summed E-state index contributed by atoms with van der Waals surface area (Å²) in [4.78, 5) is 52.7. The Morgan fingerprint density at radius 1 is 1.00 bits per heavy atom.